The number of carbonyl (C=O) groups excluding carboxylic acids is 2. The maximum atomic E-state index is 13.2. The third-order valence-corrected chi connectivity index (χ3v) is 6.61. The van der Waals surface area contributed by atoms with Crippen LogP contribution in [-0.2, 0) is 16.1 Å². The van der Waals surface area contributed by atoms with E-state index in [1.807, 2.05) is 84.6 Å². The number of nitrogens with zero attached hydrogens (tertiary/aromatic N) is 2. The van der Waals surface area contributed by atoms with Crippen LogP contribution < -0.4 is 20.4 Å². The highest BCUT2D eigenvalue weighted by Gasteiger charge is 2.38. The Bertz CT molecular complexity index is 1250. The third kappa shape index (κ3) is 4.67. The van der Waals surface area contributed by atoms with Gasteiger partial charge in [0.25, 0.3) is 0 Å². The number of ketones is 1. The Hall–Kier alpha value is -4.00. The molecule has 2 N–H and O–H groups in total. The summed E-state index contributed by atoms with van der Waals surface area (Å²) in [4.78, 5) is 30.4. The van der Waals surface area contributed by atoms with Crippen LogP contribution in [0.1, 0.15) is 36.6 Å². The molecule has 5 rings (SSSR count). The summed E-state index contributed by atoms with van der Waals surface area (Å²) in [6, 6.07) is 19.2. The lowest BCUT2D eigenvalue weighted by molar-refractivity contribution is -0.120. The minimum Gasteiger partial charge on any atom is -0.467 e. The van der Waals surface area contributed by atoms with E-state index < -0.39 is 6.04 Å². The number of fused-ring (bicyclic) bond motifs is 1. The molecule has 0 radical (unpaired) electrons. The van der Waals surface area contributed by atoms with Crippen molar-refractivity contribution in [1.29, 1.82) is 0 Å². The monoisotopic (exact) mass is 470 g/mol. The normalized spacial score (nSPS) is 17.3. The quantitative estimate of drug-likeness (QED) is 0.547. The molecule has 0 unspecified atom stereocenters. The molecule has 0 saturated carbocycles. The van der Waals surface area contributed by atoms with Crippen molar-refractivity contribution in [2.75, 3.05) is 35.8 Å². The first-order valence-electron chi connectivity index (χ1n) is 12.0. The van der Waals surface area contributed by atoms with E-state index in [-0.39, 0.29) is 18.2 Å². The SMILES string of the molecule is CN(C)c1ccc(CNC(=O)CN2c3ccccc3NC3=C(C(=O)CCC3)[C@@H]2c2ccco2)cc1. The van der Waals surface area contributed by atoms with Gasteiger partial charge in [0, 0.05) is 44.0 Å². The molecule has 0 saturated heterocycles. The zero-order chi connectivity index (χ0) is 24.4. The van der Waals surface area contributed by atoms with Gasteiger partial charge in [-0.05, 0) is 54.8 Å². The van der Waals surface area contributed by atoms with Crippen molar-refractivity contribution in [2.24, 2.45) is 0 Å². The molecule has 35 heavy (non-hydrogen) atoms. The van der Waals surface area contributed by atoms with Crippen molar-refractivity contribution < 1.29 is 14.0 Å². The highest BCUT2D eigenvalue weighted by atomic mass is 16.3. The van der Waals surface area contributed by atoms with Crippen LogP contribution in [0.25, 0.3) is 0 Å². The molecule has 3 aromatic rings. The van der Waals surface area contributed by atoms with Crippen LogP contribution in [0, 0.1) is 0 Å². The number of carbonyl (C=O) groups is 2. The molecular formula is C28H30N4O3. The van der Waals surface area contributed by atoms with Crippen LogP contribution in [0.15, 0.2) is 82.6 Å². The highest BCUT2D eigenvalue weighted by Crippen LogP contribution is 2.44. The topological polar surface area (TPSA) is 77.8 Å². The fourth-order valence-corrected chi connectivity index (χ4v) is 4.84. The molecule has 1 aromatic heterocycles. The number of anilines is 3. The van der Waals surface area contributed by atoms with E-state index in [0.717, 1.165) is 41.2 Å². The zero-order valence-corrected chi connectivity index (χ0v) is 20.1. The molecule has 1 amide bonds. The summed E-state index contributed by atoms with van der Waals surface area (Å²) in [5, 5.41) is 6.55. The highest BCUT2D eigenvalue weighted by molar-refractivity contribution is 6.01. The number of Topliss-reactive ketones (excluding diaryl/α,β-unsaturated/α-hetero) is 1. The molecule has 180 valence electrons. The number of rotatable bonds is 6. The molecule has 7 heteroatoms. The van der Waals surface area contributed by atoms with Crippen molar-refractivity contribution in [2.45, 2.75) is 31.8 Å². The summed E-state index contributed by atoms with van der Waals surface area (Å²) in [5.74, 6) is 0.623. The van der Waals surface area contributed by atoms with Gasteiger partial charge in [-0.15, -0.1) is 0 Å². The van der Waals surface area contributed by atoms with E-state index in [1.54, 1.807) is 6.26 Å². The van der Waals surface area contributed by atoms with Gasteiger partial charge in [0.2, 0.25) is 5.91 Å². The van der Waals surface area contributed by atoms with Crippen molar-refractivity contribution >= 4 is 28.8 Å². The summed E-state index contributed by atoms with van der Waals surface area (Å²) in [5.41, 5.74) is 5.49. The Kier molecular flexibility index (Phi) is 6.31. The van der Waals surface area contributed by atoms with Gasteiger partial charge in [0.1, 0.15) is 11.8 Å². The first-order chi connectivity index (χ1) is 17.0. The summed E-state index contributed by atoms with van der Waals surface area (Å²) < 4.78 is 5.82. The lowest BCUT2D eigenvalue weighted by Crippen LogP contribution is -2.41. The van der Waals surface area contributed by atoms with E-state index in [2.05, 4.69) is 10.6 Å². The summed E-state index contributed by atoms with van der Waals surface area (Å²) in [6.45, 7) is 0.516. The number of nitrogens with one attached hydrogen (secondary N) is 2. The molecule has 1 aliphatic heterocycles. The fraction of sp³-hybridized carbons (Fsp3) is 0.286. The molecule has 2 heterocycles. The molecule has 0 spiro atoms. The van der Waals surface area contributed by atoms with E-state index in [1.165, 1.54) is 0 Å². The van der Waals surface area contributed by atoms with Crippen molar-refractivity contribution in [3.8, 4) is 0 Å². The molecule has 0 bridgehead atoms. The minimum absolute atomic E-state index is 0.0872. The lowest BCUT2D eigenvalue weighted by atomic mass is 9.88. The first kappa shape index (κ1) is 22.8. The number of hydrogen-bond acceptors (Lipinski definition) is 6. The van der Waals surface area contributed by atoms with E-state index >= 15 is 0 Å². The number of furan rings is 1. The molecule has 0 fully saturated rings. The van der Waals surface area contributed by atoms with Gasteiger partial charge >= 0.3 is 0 Å². The average molecular weight is 471 g/mol. The van der Waals surface area contributed by atoms with E-state index in [9.17, 15) is 9.59 Å². The predicted octanol–water partition coefficient (Wildman–Crippen LogP) is 4.64. The maximum absolute atomic E-state index is 13.2. The molecule has 7 nitrogen and oxygen atoms in total. The van der Waals surface area contributed by atoms with Gasteiger partial charge in [-0.2, -0.15) is 0 Å². The van der Waals surface area contributed by atoms with Crippen LogP contribution in [0.5, 0.6) is 0 Å². The third-order valence-electron chi connectivity index (χ3n) is 6.61. The van der Waals surface area contributed by atoms with Crippen LogP contribution in [0.3, 0.4) is 0 Å². The maximum Gasteiger partial charge on any atom is 0.239 e. The van der Waals surface area contributed by atoms with Crippen molar-refractivity contribution in [1.82, 2.24) is 5.32 Å². The Morgan fingerprint density at radius 3 is 2.63 bits per heavy atom. The smallest absolute Gasteiger partial charge is 0.239 e. The van der Waals surface area contributed by atoms with Crippen molar-refractivity contribution in [3.63, 3.8) is 0 Å². The number of benzene rings is 2. The summed E-state index contributed by atoms with van der Waals surface area (Å²) in [7, 11) is 4.00. The number of para-hydroxylation sites is 2. The lowest BCUT2D eigenvalue weighted by Gasteiger charge is -2.33. The van der Waals surface area contributed by atoms with Gasteiger partial charge in [-0.25, -0.2) is 0 Å². The first-order valence-corrected chi connectivity index (χ1v) is 12.0. The molecule has 2 aliphatic rings. The second kappa shape index (κ2) is 9.70. The predicted molar refractivity (Wildman–Crippen MR) is 137 cm³/mol. The van der Waals surface area contributed by atoms with Gasteiger partial charge in [-0.1, -0.05) is 24.3 Å². The van der Waals surface area contributed by atoms with Crippen LogP contribution in [-0.4, -0.2) is 32.3 Å². The number of amides is 1. The summed E-state index contributed by atoms with van der Waals surface area (Å²) >= 11 is 0. The van der Waals surface area contributed by atoms with E-state index in [4.69, 9.17) is 4.42 Å². The second-order valence-electron chi connectivity index (χ2n) is 9.19. The molecule has 1 aliphatic carbocycles. The van der Waals surface area contributed by atoms with Gasteiger partial charge in [0.15, 0.2) is 5.78 Å². The molecule has 2 aromatic carbocycles. The minimum atomic E-state index is -0.478. The Morgan fingerprint density at radius 1 is 1.09 bits per heavy atom. The largest absolute Gasteiger partial charge is 0.467 e. The van der Waals surface area contributed by atoms with Crippen LogP contribution in [0.4, 0.5) is 17.1 Å². The average Bonchev–Trinajstić information content (AvgIpc) is 3.34. The van der Waals surface area contributed by atoms with E-state index in [0.29, 0.717) is 24.3 Å². The molecule has 1 atom stereocenters. The van der Waals surface area contributed by atoms with Gasteiger partial charge in [-0.3, -0.25) is 9.59 Å². The van der Waals surface area contributed by atoms with Gasteiger partial charge in [0.05, 0.1) is 24.2 Å². The standard InChI is InChI=1S/C28H30N4O3/c1-31(2)20-14-12-19(13-15-20)17-29-26(34)18-32-23-9-4-3-7-21(23)30-22-8-5-10-24(33)27(22)28(32)25-11-6-16-35-25/h3-4,6-7,9,11-16,28,30H,5,8,10,17-18H2,1-2H3,(H,29,34)/t28-/m0/s1. The van der Waals surface area contributed by atoms with Crippen LogP contribution in [0.2, 0.25) is 0 Å². The summed E-state index contributed by atoms with van der Waals surface area (Å²) in [6.07, 6.45) is 3.71. The second-order valence-corrected chi connectivity index (χ2v) is 9.19. The zero-order valence-electron chi connectivity index (χ0n) is 20.1. The fourth-order valence-electron chi connectivity index (χ4n) is 4.84. The van der Waals surface area contributed by atoms with Crippen molar-refractivity contribution in [3.05, 3.63) is 89.5 Å². The Morgan fingerprint density at radius 2 is 1.89 bits per heavy atom. The Labute approximate surface area is 205 Å². The molecular weight excluding hydrogens is 440 g/mol. The Balaban J connectivity index is 1.45. The van der Waals surface area contributed by atoms with Gasteiger partial charge < -0.3 is 24.9 Å². The van der Waals surface area contributed by atoms with Crippen LogP contribution >= 0.6 is 0 Å². The number of allylic oxidation sites excluding steroid dienone is 1. The number of hydrogen-bond donors (Lipinski definition) is 2.